The third kappa shape index (κ3) is 3.21. The first kappa shape index (κ1) is 21.4. The topological polar surface area (TPSA) is 175 Å². The van der Waals surface area contributed by atoms with Crippen molar-refractivity contribution in [3.8, 4) is 0 Å². The Hall–Kier alpha value is -1.31. The Morgan fingerprint density at radius 2 is 1.89 bits per heavy atom. The van der Waals surface area contributed by atoms with Crippen molar-refractivity contribution in [2.75, 3.05) is 13.7 Å². The highest BCUT2D eigenvalue weighted by Gasteiger charge is 2.63. The van der Waals surface area contributed by atoms with Gasteiger partial charge in [0, 0.05) is 0 Å². The van der Waals surface area contributed by atoms with Crippen LogP contribution in [-0.4, -0.2) is 99.0 Å². The molecule has 1 saturated carbocycles. The quantitative estimate of drug-likeness (QED) is 0.262. The average Bonchev–Trinajstić information content (AvgIpc) is 2.91. The van der Waals surface area contributed by atoms with E-state index in [9.17, 15) is 35.4 Å². The number of aliphatic hydroxyl groups is 6. The maximum absolute atomic E-state index is 12.0. The highest BCUT2D eigenvalue weighted by Crippen LogP contribution is 2.50. The van der Waals surface area contributed by atoms with Gasteiger partial charge in [-0.25, -0.2) is 4.79 Å². The largest absolute Gasteiger partial charge is 0.471 e. The van der Waals surface area contributed by atoms with Gasteiger partial charge in [-0.05, 0) is 12.3 Å². The zero-order valence-corrected chi connectivity index (χ0v) is 15.4. The summed E-state index contributed by atoms with van der Waals surface area (Å²) in [4.78, 5) is 12.0. The number of carbonyl (C=O) groups excluding carboxylic acids is 1. The summed E-state index contributed by atoms with van der Waals surface area (Å²) in [5.41, 5.74) is -2.27. The van der Waals surface area contributed by atoms with Gasteiger partial charge in [0.15, 0.2) is 6.29 Å². The standard InChI is InChI=1S/C17H26O11/c1-6-3-9(19)17(24)7(14(23)25-2)5-26-15(10(6)17)28-16-13(22)12(21)11(20)8(4-18)27-16/h5-6,8-13,15-16,18-22,24H,3-4H2,1-2H3/t6-,8-,9-,10+,11-,12+,13+,15+,16+,17-/m1/s1. The number of hydrogen-bond acceptors (Lipinski definition) is 11. The molecule has 0 unspecified atom stereocenters. The summed E-state index contributed by atoms with van der Waals surface area (Å²) in [5, 5.41) is 60.8. The number of esters is 1. The average molecular weight is 406 g/mol. The van der Waals surface area contributed by atoms with E-state index in [4.69, 9.17) is 14.2 Å². The fourth-order valence-electron chi connectivity index (χ4n) is 4.23. The second kappa shape index (κ2) is 7.84. The molecule has 2 heterocycles. The van der Waals surface area contributed by atoms with Crippen molar-refractivity contribution >= 4 is 5.97 Å². The zero-order valence-electron chi connectivity index (χ0n) is 15.4. The van der Waals surface area contributed by atoms with Gasteiger partial charge in [-0.3, -0.25) is 0 Å². The molecule has 1 saturated heterocycles. The lowest BCUT2D eigenvalue weighted by Crippen LogP contribution is -2.61. The molecular weight excluding hydrogens is 380 g/mol. The molecular formula is C17H26O11. The molecule has 0 spiro atoms. The highest BCUT2D eigenvalue weighted by molar-refractivity contribution is 5.91. The SMILES string of the molecule is COC(=O)C1=CO[C@@H](O[C@@H]2O[C@H](CO)[C@@H](O)[C@H](O)[C@@H]2O)[C@@H]2[C@H](C)C[C@@H](O)[C@]12O. The van der Waals surface area contributed by atoms with E-state index >= 15 is 0 Å². The van der Waals surface area contributed by atoms with Crippen LogP contribution in [0.15, 0.2) is 11.8 Å². The summed E-state index contributed by atoms with van der Waals surface area (Å²) in [6, 6.07) is 0. The Balaban J connectivity index is 1.87. The molecule has 2 aliphatic heterocycles. The van der Waals surface area contributed by atoms with E-state index in [1.54, 1.807) is 6.92 Å². The number of ether oxygens (including phenoxy) is 4. The fourth-order valence-corrected chi connectivity index (χ4v) is 4.23. The Kier molecular flexibility index (Phi) is 5.99. The summed E-state index contributed by atoms with van der Waals surface area (Å²) >= 11 is 0. The van der Waals surface area contributed by atoms with Crippen LogP contribution in [0.1, 0.15) is 13.3 Å². The minimum Gasteiger partial charge on any atom is -0.471 e. The maximum atomic E-state index is 12.0. The Labute approximate surface area is 160 Å². The molecule has 2 fully saturated rings. The van der Waals surface area contributed by atoms with E-state index in [1.807, 2.05) is 0 Å². The molecule has 0 aromatic rings. The van der Waals surface area contributed by atoms with Crippen LogP contribution in [-0.2, 0) is 23.7 Å². The van der Waals surface area contributed by atoms with Gasteiger partial charge in [-0.1, -0.05) is 6.92 Å². The van der Waals surface area contributed by atoms with Crippen LogP contribution in [0.3, 0.4) is 0 Å². The van der Waals surface area contributed by atoms with E-state index in [1.165, 1.54) is 0 Å². The molecule has 10 atom stereocenters. The van der Waals surface area contributed by atoms with Crippen molar-refractivity contribution in [1.29, 1.82) is 0 Å². The Morgan fingerprint density at radius 3 is 2.50 bits per heavy atom. The smallest absolute Gasteiger partial charge is 0.339 e. The van der Waals surface area contributed by atoms with Crippen molar-refractivity contribution in [2.45, 2.75) is 62.0 Å². The first-order valence-corrected chi connectivity index (χ1v) is 8.97. The van der Waals surface area contributed by atoms with Gasteiger partial charge in [0.25, 0.3) is 0 Å². The van der Waals surface area contributed by atoms with Gasteiger partial charge in [-0.2, -0.15) is 0 Å². The Bertz CT molecular complexity index is 622. The minimum atomic E-state index is -2.01. The van der Waals surface area contributed by atoms with Crippen LogP contribution in [0.5, 0.6) is 0 Å². The first-order chi connectivity index (χ1) is 13.2. The third-order valence-corrected chi connectivity index (χ3v) is 5.79. The summed E-state index contributed by atoms with van der Waals surface area (Å²) in [6.07, 6.45) is -9.02. The van der Waals surface area contributed by atoms with Crippen LogP contribution in [0.25, 0.3) is 0 Å². The molecule has 0 radical (unpaired) electrons. The van der Waals surface area contributed by atoms with Crippen molar-refractivity contribution in [3.05, 3.63) is 11.8 Å². The van der Waals surface area contributed by atoms with Gasteiger partial charge < -0.3 is 49.6 Å². The van der Waals surface area contributed by atoms with Crippen LogP contribution < -0.4 is 0 Å². The number of hydrogen-bond donors (Lipinski definition) is 6. The van der Waals surface area contributed by atoms with Gasteiger partial charge >= 0.3 is 5.97 Å². The molecule has 11 heteroatoms. The lowest BCUT2D eigenvalue weighted by atomic mass is 9.78. The molecule has 160 valence electrons. The predicted molar refractivity (Wildman–Crippen MR) is 88.1 cm³/mol. The van der Waals surface area contributed by atoms with Crippen LogP contribution in [0, 0.1) is 11.8 Å². The van der Waals surface area contributed by atoms with E-state index in [2.05, 4.69) is 4.74 Å². The van der Waals surface area contributed by atoms with E-state index in [0.29, 0.717) is 0 Å². The number of fused-ring (bicyclic) bond motifs is 1. The first-order valence-electron chi connectivity index (χ1n) is 8.97. The van der Waals surface area contributed by atoms with Gasteiger partial charge in [0.1, 0.15) is 35.6 Å². The second-order valence-corrected chi connectivity index (χ2v) is 7.44. The van der Waals surface area contributed by atoms with E-state index in [-0.39, 0.29) is 17.9 Å². The van der Waals surface area contributed by atoms with Crippen molar-refractivity contribution < 1.29 is 54.4 Å². The normalized spacial score (nSPS) is 48.4. The van der Waals surface area contributed by atoms with Crippen LogP contribution in [0.2, 0.25) is 0 Å². The molecule has 28 heavy (non-hydrogen) atoms. The van der Waals surface area contributed by atoms with Crippen molar-refractivity contribution in [1.82, 2.24) is 0 Å². The molecule has 0 bridgehead atoms. The highest BCUT2D eigenvalue weighted by atomic mass is 16.8. The summed E-state index contributed by atoms with van der Waals surface area (Å²) < 4.78 is 21.0. The van der Waals surface area contributed by atoms with Gasteiger partial charge in [-0.15, -0.1) is 0 Å². The van der Waals surface area contributed by atoms with E-state index < -0.39 is 67.2 Å². The Morgan fingerprint density at radius 1 is 1.21 bits per heavy atom. The lowest BCUT2D eigenvalue weighted by Gasteiger charge is -2.45. The number of rotatable bonds is 4. The molecule has 0 aromatic heterocycles. The minimum absolute atomic E-state index is 0.146. The summed E-state index contributed by atoms with van der Waals surface area (Å²) in [7, 11) is 1.13. The molecule has 11 nitrogen and oxygen atoms in total. The summed E-state index contributed by atoms with van der Waals surface area (Å²) in [5.74, 6) is -2.15. The molecule has 0 amide bonds. The maximum Gasteiger partial charge on any atom is 0.339 e. The van der Waals surface area contributed by atoms with E-state index in [0.717, 1.165) is 13.4 Å². The predicted octanol–water partition coefficient (Wildman–Crippen LogP) is -3.04. The van der Waals surface area contributed by atoms with Crippen molar-refractivity contribution in [3.63, 3.8) is 0 Å². The monoisotopic (exact) mass is 406 g/mol. The molecule has 0 aromatic carbocycles. The third-order valence-electron chi connectivity index (χ3n) is 5.79. The van der Waals surface area contributed by atoms with Crippen molar-refractivity contribution in [2.24, 2.45) is 11.8 Å². The number of methoxy groups -OCH3 is 1. The molecule has 3 rings (SSSR count). The van der Waals surface area contributed by atoms with Crippen LogP contribution >= 0.6 is 0 Å². The lowest BCUT2D eigenvalue weighted by molar-refractivity contribution is -0.347. The van der Waals surface area contributed by atoms with Crippen LogP contribution in [0.4, 0.5) is 0 Å². The van der Waals surface area contributed by atoms with Gasteiger partial charge in [0.2, 0.25) is 6.29 Å². The number of carbonyl (C=O) groups is 1. The second-order valence-electron chi connectivity index (χ2n) is 7.44. The van der Waals surface area contributed by atoms with Gasteiger partial charge in [0.05, 0.1) is 32.0 Å². The molecule has 1 aliphatic carbocycles. The zero-order chi connectivity index (χ0) is 20.8. The number of aliphatic hydroxyl groups excluding tert-OH is 5. The summed E-state index contributed by atoms with van der Waals surface area (Å²) in [6.45, 7) is 1.09. The molecule has 6 N–H and O–H groups in total. The molecule has 3 aliphatic rings. The fraction of sp³-hybridized carbons (Fsp3) is 0.824.